The van der Waals surface area contributed by atoms with Gasteiger partial charge in [0, 0.05) is 28.6 Å². The lowest BCUT2D eigenvalue weighted by atomic mass is 9.98. The first-order chi connectivity index (χ1) is 12.3. The van der Waals surface area contributed by atoms with Crippen LogP contribution >= 0.6 is 11.3 Å². The van der Waals surface area contributed by atoms with Crippen molar-refractivity contribution in [2.24, 2.45) is 0 Å². The molecule has 3 aromatic rings. The van der Waals surface area contributed by atoms with Crippen molar-refractivity contribution in [3.05, 3.63) is 74.1 Å². The first kappa shape index (κ1) is 17.8. The van der Waals surface area contributed by atoms with Gasteiger partial charge in [0.1, 0.15) is 0 Å². The Morgan fingerprint density at radius 3 is 2.50 bits per heavy atom. The normalized spacial score (nSPS) is 10.6. The summed E-state index contributed by atoms with van der Waals surface area (Å²) in [5.41, 5.74) is 5.41. The van der Waals surface area contributed by atoms with Crippen molar-refractivity contribution in [1.82, 2.24) is 4.98 Å². The van der Waals surface area contributed by atoms with Crippen molar-refractivity contribution < 1.29 is 9.72 Å². The molecular weight excluding hydrogens is 350 g/mol. The number of aromatic nitrogens is 1. The molecule has 0 unspecified atom stereocenters. The molecule has 3 rings (SSSR count). The van der Waals surface area contributed by atoms with E-state index >= 15 is 0 Å². The third kappa shape index (κ3) is 3.62. The molecule has 1 heterocycles. The Balaban J connectivity index is 1.84. The maximum absolute atomic E-state index is 12.3. The van der Waals surface area contributed by atoms with E-state index in [0.29, 0.717) is 5.13 Å². The maximum atomic E-state index is 12.3. The SMILES string of the molecule is Cc1cc(C)c(-c2csc(NC(=O)c3cccc([N+](=O)[O-])c3)n2)c(C)c1. The van der Waals surface area contributed by atoms with Gasteiger partial charge >= 0.3 is 0 Å². The molecule has 26 heavy (non-hydrogen) atoms. The number of non-ortho nitro benzene ring substituents is 1. The van der Waals surface area contributed by atoms with Gasteiger partial charge in [-0.05, 0) is 38.0 Å². The molecule has 132 valence electrons. The van der Waals surface area contributed by atoms with Crippen LogP contribution in [0.25, 0.3) is 11.3 Å². The molecule has 0 saturated heterocycles. The molecular formula is C19H17N3O3S. The van der Waals surface area contributed by atoms with Gasteiger partial charge < -0.3 is 0 Å². The number of nitrogens with one attached hydrogen (secondary N) is 1. The van der Waals surface area contributed by atoms with Crippen molar-refractivity contribution in [3.63, 3.8) is 0 Å². The second-order valence-corrected chi connectivity index (χ2v) is 6.93. The first-order valence-electron chi connectivity index (χ1n) is 7.94. The van der Waals surface area contributed by atoms with Gasteiger partial charge in [-0.3, -0.25) is 20.2 Å². The van der Waals surface area contributed by atoms with Gasteiger partial charge in [-0.2, -0.15) is 0 Å². The molecule has 0 aliphatic carbocycles. The van der Waals surface area contributed by atoms with Crippen molar-refractivity contribution in [3.8, 4) is 11.3 Å². The van der Waals surface area contributed by atoms with E-state index in [0.717, 1.165) is 22.4 Å². The van der Waals surface area contributed by atoms with Crippen LogP contribution in [0.4, 0.5) is 10.8 Å². The number of nitro groups is 1. The fraction of sp³-hybridized carbons (Fsp3) is 0.158. The molecule has 0 aliphatic heterocycles. The van der Waals surface area contributed by atoms with E-state index in [-0.39, 0.29) is 11.3 Å². The van der Waals surface area contributed by atoms with Crippen LogP contribution in [0.2, 0.25) is 0 Å². The van der Waals surface area contributed by atoms with Gasteiger partial charge in [0.25, 0.3) is 11.6 Å². The molecule has 0 spiro atoms. The number of carbonyl (C=O) groups excluding carboxylic acids is 1. The number of hydrogen-bond donors (Lipinski definition) is 1. The topological polar surface area (TPSA) is 85.1 Å². The van der Waals surface area contributed by atoms with E-state index in [1.807, 2.05) is 19.2 Å². The molecule has 1 aromatic heterocycles. The highest BCUT2D eigenvalue weighted by Gasteiger charge is 2.15. The summed E-state index contributed by atoms with van der Waals surface area (Å²) in [5.74, 6) is -0.424. The number of rotatable bonds is 4. The molecule has 2 aromatic carbocycles. The Kier molecular flexibility index (Phi) is 4.81. The molecule has 0 bridgehead atoms. The number of thiazole rings is 1. The summed E-state index contributed by atoms with van der Waals surface area (Å²) < 4.78 is 0. The van der Waals surface area contributed by atoms with Crippen molar-refractivity contribution in [2.75, 3.05) is 5.32 Å². The van der Waals surface area contributed by atoms with Crippen LogP contribution in [0.15, 0.2) is 41.8 Å². The van der Waals surface area contributed by atoms with E-state index in [4.69, 9.17) is 0 Å². The molecule has 0 fully saturated rings. The summed E-state index contributed by atoms with van der Waals surface area (Å²) in [6.07, 6.45) is 0. The number of nitro benzene ring substituents is 1. The molecule has 0 atom stereocenters. The van der Waals surface area contributed by atoms with Gasteiger partial charge in [-0.15, -0.1) is 11.3 Å². The number of aryl methyl sites for hydroxylation is 3. The summed E-state index contributed by atoms with van der Waals surface area (Å²) in [6.45, 7) is 6.13. The number of benzene rings is 2. The molecule has 0 aliphatic rings. The van der Waals surface area contributed by atoms with Crippen molar-refractivity contribution >= 4 is 28.1 Å². The highest BCUT2D eigenvalue weighted by atomic mass is 32.1. The second-order valence-electron chi connectivity index (χ2n) is 6.07. The molecule has 7 heteroatoms. The van der Waals surface area contributed by atoms with E-state index in [1.54, 1.807) is 0 Å². The zero-order chi connectivity index (χ0) is 18.8. The Hall–Kier alpha value is -3.06. The molecule has 0 saturated carbocycles. The van der Waals surface area contributed by atoms with Crippen LogP contribution < -0.4 is 5.32 Å². The quantitative estimate of drug-likeness (QED) is 0.525. The zero-order valence-electron chi connectivity index (χ0n) is 14.6. The highest BCUT2D eigenvalue weighted by Crippen LogP contribution is 2.31. The maximum Gasteiger partial charge on any atom is 0.270 e. The third-order valence-corrected chi connectivity index (χ3v) is 4.73. The van der Waals surface area contributed by atoms with E-state index in [2.05, 4.69) is 29.4 Å². The first-order valence-corrected chi connectivity index (χ1v) is 8.82. The zero-order valence-corrected chi connectivity index (χ0v) is 15.4. The minimum Gasteiger partial charge on any atom is -0.298 e. The molecule has 1 N–H and O–H groups in total. The molecule has 1 amide bonds. The number of amides is 1. The predicted octanol–water partition coefficient (Wildman–Crippen LogP) is 4.90. The largest absolute Gasteiger partial charge is 0.298 e. The third-order valence-electron chi connectivity index (χ3n) is 3.98. The Morgan fingerprint density at radius 2 is 1.85 bits per heavy atom. The fourth-order valence-electron chi connectivity index (χ4n) is 2.96. The number of anilines is 1. The van der Waals surface area contributed by atoms with Gasteiger partial charge in [-0.25, -0.2) is 4.98 Å². The second kappa shape index (κ2) is 7.05. The summed E-state index contributed by atoms with van der Waals surface area (Å²) in [4.78, 5) is 27.2. The lowest BCUT2D eigenvalue weighted by Crippen LogP contribution is -2.11. The van der Waals surface area contributed by atoms with Gasteiger partial charge in [0.15, 0.2) is 5.13 Å². The van der Waals surface area contributed by atoms with Gasteiger partial charge in [0.2, 0.25) is 0 Å². The van der Waals surface area contributed by atoms with Crippen LogP contribution in [0.3, 0.4) is 0 Å². The van der Waals surface area contributed by atoms with Gasteiger partial charge in [-0.1, -0.05) is 23.8 Å². The predicted molar refractivity (Wildman–Crippen MR) is 103 cm³/mol. The minimum absolute atomic E-state index is 0.122. The number of carbonyl (C=O) groups is 1. The Bertz CT molecular complexity index is 988. The smallest absolute Gasteiger partial charge is 0.270 e. The lowest BCUT2D eigenvalue weighted by Gasteiger charge is -2.08. The average molecular weight is 367 g/mol. The van der Waals surface area contributed by atoms with Crippen LogP contribution in [0.5, 0.6) is 0 Å². The fourth-order valence-corrected chi connectivity index (χ4v) is 3.66. The summed E-state index contributed by atoms with van der Waals surface area (Å²) in [5, 5.41) is 15.9. The van der Waals surface area contributed by atoms with E-state index in [1.165, 1.54) is 41.2 Å². The summed E-state index contributed by atoms with van der Waals surface area (Å²) >= 11 is 1.32. The Labute approximate surface area is 154 Å². The average Bonchev–Trinajstić information content (AvgIpc) is 3.02. The highest BCUT2D eigenvalue weighted by molar-refractivity contribution is 7.14. The summed E-state index contributed by atoms with van der Waals surface area (Å²) in [6, 6.07) is 9.82. The molecule has 0 radical (unpaired) electrons. The molecule has 6 nitrogen and oxygen atoms in total. The van der Waals surface area contributed by atoms with E-state index < -0.39 is 10.8 Å². The van der Waals surface area contributed by atoms with Crippen LogP contribution in [0, 0.1) is 30.9 Å². The summed E-state index contributed by atoms with van der Waals surface area (Å²) in [7, 11) is 0. The number of hydrogen-bond acceptors (Lipinski definition) is 5. The van der Waals surface area contributed by atoms with Crippen molar-refractivity contribution in [1.29, 1.82) is 0 Å². The lowest BCUT2D eigenvalue weighted by molar-refractivity contribution is -0.384. The van der Waals surface area contributed by atoms with Crippen molar-refractivity contribution in [2.45, 2.75) is 20.8 Å². The number of nitrogens with zero attached hydrogens (tertiary/aromatic N) is 2. The van der Waals surface area contributed by atoms with Crippen LogP contribution in [0.1, 0.15) is 27.0 Å². The monoisotopic (exact) mass is 367 g/mol. The standard InChI is InChI=1S/C19H17N3O3S/c1-11-7-12(2)17(13(3)8-11)16-10-26-19(20-16)21-18(23)14-5-4-6-15(9-14)22(24)25/h4-10H,1-3H3,(H,20,21,23). The van der Waals surface area contributed by atoms with Gasteiger partial charge in [0.05, 0.1) is 10.6 Å². The Morgan fingerprint density at radius 1 is 1.15 bits per heavy atom. The van der Waals surface area contributed by atoms with Crippen LogP contribution in [-0.2, 0) is 0 Å². The minimum atomic E-state index is -0.527. The van der Waals surface area contributed by atoms with Crippen LogP contribution in [-0.4, -0.2) is 15.8 Å². The van der Waals surface area contributed by atoms with E-state index in [9.17, 15) is 14.9 Å².